The molecule has 0 bridgehead atoms. The zero-order chi connectivity index (χ0) is 22.1. The van der Waals surface area contributed by atoms with E-state index >= 15 is 0 Å². The molecule has 0 saturated carbocycles. The van der Waals surface area contributed by atoms with Crippen molar-refractivity contribution in [2.45, 2.75) is 26.0 Å². The van der Waals surface area contributed by atoms with Gasteiger partial charge in [-0.2, -0.15) is 0 Å². The Morgan fingerprint density at radius 1 is 1.12 bits per heavy atom. The van der Waals surface area contributed by atoms with Crippen LogP contribution in [0.15, 0.2) is 53.5 Å². The Balaban J connectivity index is 0.00000363. The number of ether oxygens (including phenoxy) is 1. The Morgan fingerprint density at radius 3 is 2.50 bits per heavy atom. The highest BCUT2D eigenvalue weighted by Crippen LogP contribution is 2.25. The second-order valence-corrected chi connectivity index (χ2v) is 8.53. The highest BCUT2D eigenvalue weighted by molar-refractivity contribution is 14.0. The van der Waals surface area contributed by atoms with Gasteiger partial charge in [0.25, 0.3) is 0 Å². The minimum atomic E-state index is -0.866. The number of benzene rings is 2. The number of nitrogens with zero attached hydrogens (tertiary/aromatic N) is 2. The number of halogens is 2. The summed E-state index contributed by atoms with van der Waals surface area (Å²) in [6, 6.07) is 16.1. The summed E-state index contributed by atoms with van der Waals surface area (Å²) in [5.74, 6) is 0.690. The first kappa shape index (κ1) is 26.9. The molecule has 32 heavy (non-hydrogen) atoms. The van der Waals surface area contributed by atoms with Crippen LogP contribution in [0.3, 0.4) is 0 Å². The number of aliphatic imine (C=N–C) groups is 1. The molecule has 0 aromatic heterocycles. The Hall–Kier alpha value is -1.39. The fraction of sp³-hybridized carbons (Fsp3) is 0.458. The lowest BCUT2D eigenvalue weighted by atomic mass is 10.00. The maximum Gasteiger partial charge on any atom is 0.191 e. The first-order chi connectivity index (χ1) is 15.0. The SMILES string of the molecule is CCNC(=NCc1ccccc1-c1ccc(Cl)cc1)NCC(C)(O)CN1CCOCC1.I. The molecule has 3 rings (SSSR count). The zero-order valence-electron chi connectivity index (χ0n) is 18.8. The third kappa shape index (κ3) is 8.51. The van der Waals surface area contributed by atoms with Crippen LogP contribution in [0.25, 0.3) is 11.1 Å². The summed E-state index contributed by atoms with van der Waals surface area (Å²) in [4.78, 5) is 6.99. The van der Waals surface area contributed by atoms with Crippen molar-refractivity contribution in [1.82, 2.24) is 15.5 Å². The van der Waals surface area contributed by atoms with Crippen molar-refractivity contribution in [3.8, 4) is 11.1 Å². The molecule has 3 N–H and O–H groups in total. The van der Waals surface area contributed by atoms with Gasteiger partial charge < -0.3 is 20.5 Å². The van der Waals surface area contributed by atoms with Gasteiger partial charge in [-0.15, -0.1) is 24.0 Å². The highest BCUT2D eigenvalue weighted by Gasteiger charge is 2.25. The molecule has 1 unspecified atom stereocenters. The molecule has 0 amide bonds. The molecule has 2 aromatic carbocycles. The summed E-state index contributed by atoms with van der Waals surface area (Å²) in [5, 5.41) is 18.1. The zero-order valence-corrected chi connectivity index (χ0v) is 21.9. The summed E-state index contributed by atoms with van der Waals surface area (Å²) >= 11 is 6.04. The van der Waals surface area contributed by atoms with E-state index in [4.69, 9.17) is 21.3 Å². The predicted molar refractivity (Wildman–Crippen MR) is 143 cm³/mol. The molecule has 6 nitrogen and oxygen atoms in total. The molecule has 0 spiro atoms. The average molecular weight is 573 g/mol. The first-order valence-corrected chi connectivity index (χ1v) is 11.2. The Morgan fingerprint density at radius 2 is 1.81 bits per heavy atom. The number of rotatable bonds is 8. The number of guanidine groups is 1. The third-order valence-electron chi connectivity index (χ3n) is 5.23. The van der Waals surface area contributed by atoms with E-state index in [-0.39, 0.29) is 24.0 Å². The normalized spacial score (nSPS) is 16.7. The summed E-state index contributed by atoms with van der Waals surface area (Å²) < 4.78 is 5.39. The van der Waals surface area contributed by atoms with Gasteiger partial charge in [0.1, 0.15) is 0 Å². The fourth-order valence-electron chi connectivity index (χ4n) is 3.65. The Labute approximate surface area is 213 Å². The number of hydrogen-bond donors (Lipinski definition) is 3. The summed E-state index contributed by atoms with van der Waals surface area (Å²) in [6.07, 6.45) is 0. The smallest absolute Gasteiger partial charge is 0.191 e. The van der Waals surface area contributed by atoms with Crippen LogP contribution in [0.1, 0.15) is 19.4 Å². The second kappa shape index (κ2) is 13.3. The van der Waals surface area contributed by atoms with Gasteiger partial charge in [-0.25, -0.2) is 4.99 Å². The number of morpholine rings is 1. The van der Waals surface area contributed by atoms with E-state index in [0.717, 1.165) is 54.6 Å². The van der Waals surface area contributed by atoms with Gasteiger partial charge in [0.2, 0.25) is 0 Å². The molecule has 8 heteroatoms. The van der Waals surface area contributed by atoms with Crippen molar-refractivity contribution in [1.29, 1.82) is 0 Å². The van der Waals surface area contributed by atoms with Gasteiger partial charge >= 0.3 is 0 Å². The highest BCUT2D eigenvalue weighted by atomic mass is 127. The molecule has 0 radical (unpaired) electrons. The minimum absolute atomic E-state index is 0. The minimum Gasteiger partial charge on any atom is -0.387 e. The maximum absolute atomic E-state index is 10.8. The number of aliphatic hydroxyl groups is 1. The standard InChI is InChI=1S/C24H33ClN4O2.HI/c1-3-26-23(28-17-24(2,30)18-29-12-14-31-15-13-29)27-16-20-6-4-5-7-22(20)19-8-10-21(25)11-9-19;/h4-11,30H,3,12-18H2,1-2H3,(H2,26,27,28);1H. The van der Waals surface area contributed by atoms with E-state index in [9.17, 15) is 5.11 Å². The first-order valence-electron chi connectivity index (χ1n) is 10.9. The third-order valence-corrected chi connectivity index (χ3v) is 5.48. The summed E-state index contributed by atoms with van der Waals surface area (Å²) in [7, 11) is 0. The van der Waals surface area contributed by atoms with Crippen molar-refractivity contribution < 1.29 is 9.84 Å². The van der Waals surface area contributed by atoms with E-state index in [1.54, 1.807) is 0 Å². The Bertz CT molecular complexity index is 855. The molecule has 1 saturated heterocycles. The lowest BCUT2D eigenvalue weighted by Crippen LogP contribution is -2.52. The van der Waals surface area contributed by atoms with Crippen LogP contribution in [0.2, 0.25) is 5.02 Å². The number of nitrogens with one attached hydrogen (secondary N) is 2. The number of β-amino-alcohol motifs (C(OH)–C–C–N with tert-alkyl or cyclic N) is 1. The van der Waals surface area contributed by atoms with Gasteiger partial charge in [-0.1, -0.05) is 48.0 Å². The van der Waals surface area contributed by atoms with E-state index in [1.807, 2.05) is 50.2 Å². The monoisotopic (exact) mass is 572 g/mol. The maximum atomic E-state index is 10.8. The molecular formula is C24H34ClIN4O2. The lowest BCUT2D eigenvalue weighted by molar-refractivity contribution is -0.0201. The van der Waals surface area contributed by atoms with Gasteiger partial charge in [-0.05, 0) is 42.7 Å². The molecule has 1 fully saturated rings. The fourth-order valence-corrected chi connectivity index (χ4v) is 3.77. The van der Waals surface area contributed by atoms with Gasteiger partial charge in [-0.3, -0.25) is 4.90 Å². The van der Waals surface area contributed by atoms with Crippen LogP contribution < -0.4 is 10.6 Å². The molecule has 2 aromatic rings. The molecule has 1 heterocycles. The molecule has 1 aliphatic rings. The molecule has 0 aliphatic carbocycles. The van der Waals surface area contributed by atoms with E-state index in [0.29, 0.717) is 25.6 Å². The molecule has 1 aliphatic heterocycles. The van der Waals surface area contributed by atoms with Crippen molar-refractivity contribution in [2.24, 2.45) is 4.99 Å². The average Bonchev–Trinajstić information content (AvgIpc) is 2.77. The van der Waals surface area contributed by atoms with E-state index in [1.165, 1.54) is 0 Å². The van der Waals surface area contributed by atoms with Crippen LogP contribution in [-0.2, 0) is 11.3 Å². The lowest BCUT2D eigenvalue weighted by Gasteiger charge is -2.34. The van der Waals surface area contributed by atoms with Gasteiger partial charge in [0, 0.05) is 37.7 Å². The van der Waals surface area contributed by atoms with E-state index < -0.39 is 5.60 Å². The van der Waals surface area contributed by atoms with Crippen LogP contribution in [0.5, 0.6) is 0 Å². The predicted octanol–water partition coefficient (Wildman–Crippen LogP) is 3.76. The number of hydrogen-bond acceptors (Lipinski definition) is 4. The van der Waals surface area contributed by atoms with Crippen molar-refractivity contribution in [3.05, 3.63) is 59.1 Å². The quantitative estimate of drug-likeness (QED) is 0.255. The topological polar surface area (TPSA) is 69.1 Å². The second-order valence-electron chi connectivity index (χ2n) is 8.10. The van der Waals surface area contributed by atoms with E-state index in [2.05, 4.69) is 27.7 Å². The Kier molecular flexibility index (Phi) is 11.2. The molecular weight excluding hydrogens is 539 g/mol. The van der Waals surface area contributed by atoms with Crippen LogP contribution >= 0.6 is 35.6 Å². The van der Waals surface area contributed by atoms with Crippen LogP contribution in [0, 0.1) is 0 Å². The summed E-state index contributed by atoms with van der Waals surface area (Å²) in [5.41, 5.74) is 2.51. The van der Waals surface area contributed by atoms with Gasteiger partial charge in [0.05, 0.1) is 25.4 Å². The van der Waals surface area contributed by atoms with Crippen molar-refractivity contribution in [2.75, 3.05) is 45.9 Å². The largest absolute Gasteiger partial charge is 0.387 e. The van der Waals surface area contributed by atoms with Crippen molar-refractivity contribution >= 4 is 41.5 Å². The molecule has 176 valence electrons. The molecule has 1 atom stereocenters. The van der Waals surface area contributed by atoms with Crippen LogP contribution in [0.4, 0.5) is 0 Å². The van der Waals surface area contributed by atoms with Crippen molar-refractivity contribution in [3.63, 3.8) is 0 Å². The van der Waals surface area contributed by atoms with Gasteiger partial charge in [0.15, 0.2) is 5.96 Å². The summed E-state index contributed by atoms with van der Waals surface area (Å²) in [6.45, 7) is 9.33. The van der Waals surface area contributed by atoms with Crippen LogP contribution in [-0.4, -0.2) is 67.5 Å².